The van der Waals surface area contributed by atoms with Gasteiger partial charge >= 0.3 is 0 Å². The zero-order valence-electron chi connectivity index (χ0n) is 23.5. The Morgan fingerprint density at radius 3 is 1.93 bits per heavy atom. The van der Waals surface area contributed by atoms with Gasteiger partial charge in [0.05, 0.1) is 12.1 Å². The van der Waals surface area contributed by atoms with E-state index in [0.717, 1.165) is 55.3 Å². The minimum absolute atomic E-state index is 0.353. The number of furan rings is 1. The zero-order chi connectivity index (χ0) is 29.0. The van der Waals surface area contributed by atoms with Gasteiger partial charge in [0.15, 0.2) is 5.84 Å². The Morgan fingerprint density at radius 1 is 0.558 bits per heavy atom. The zero-order valence-corrected chi connectivity index (χ0v) is 23.5. The Hall–Kier alpha value is -5.74. The van der Waals surface area contributed by atoms with E-state index in [1.807, 2.05) is 66.7 Å². The maximum Gasteiger partial charge on any atom is 0.157 e. The minimum Gasteiger partial charge on any atom is -0.455 e. The Morgan fingerprint density at radius 2 is 1.16 bits per heavy atom. The molecule has 2 N–H and O–H groups in total. The van der Waals surface area contributed by atoms with Crippen LogP contribution in [-0.2, 0) is 6.54 Å². The second kappa shape index (κ2) is 11.6. The number of hydrogen-bond acceptors (Lipinski definition) is 2. The summed E-state index contributed by atoms with van der Waals surface area (Å²) in [7, 11) is 0. The van der Waals surface area contributed by atoms with Gasteiger partial charge in [-0.15, -0.1) is 0 Å². The van der Waals surface area contributed by atoms with Crippen molar-refractivity contribution in [2.24, 2.45) is 15.7 Å². The van der Waals surface area contributed by atoms with Crippen LogP contribution in [0.3, 0.4) is 0 Å². The van der Waals surface area contributed by atoms with Crippen LogP contribution in [-0.4, -0.2) is 11.7 Å². The maximum absolute atomic E-state index is 6.75. The molecule has 7 rings (SSSR count). The van der Waals surface area contributed by atoms with Crippen molar-refractivity contribution in [1.82, 2.24) is 0 Å². The smallest absolute Gasteiger partial charge is 0.157 e. The number of para-hydroxylation sites is 2. The van der Waals surface area contributed by atoms with Crippen LogP contribution in [0.15, 0.2) is 166 Å². The lowest BCUT2D eigenvalue weighted by atomic mass is 10.0. The molecule has 0 fully saturated rings. The lowest BCUT2D eigenvalue weighted by Crippen LogP contribution is -2.17. The highest BCUT2D eigenvalue weighted by Gasteiger charge is 2.14. The highest BCUT2D eigenvalue weighted by atomic mass is 16.3. The molecule has 7 aromatic rings. The third-order valence-corrected chi connectivity index (χ3v) is 7.58. The van der Waals surface area contributed by atoms with Crippen LogP contribution in [0.4, 0.5) is 0 Å². The van der Waals surface area contributed by atoms with Crippen molar-refractivity contribution >= 4 is 33.6 Å². The quantitative estimate of drug-likeness (QED) is 0.164. The molecule has 1 aromatic heterocycles. The summed E-state index contributed by atoms with van der Waals surface area (Å²) < 4.78 is 6.25. The van der Waals surface area contributed by atoms with Crippen LogP contribution >= 0.6 is 0 Å². The normalized spacial score (nSPS) is 12.2. The molecule has 0 spiro atoms. The average molecular weight is 556 g/mol. The fourth-order valence-electron chi connectivity index (χ4n) is 5.43. The molecule has 0 radical (unpaired) electrons. The first kappa shape index (κ1) is 26.2. The highest BCUT2D eigenvalue weighted by Crippen LogP contribution is 2.31. The molecule has 0 aliphatic carbocycles. The fourth-order valence-corrected chi connectivity index (χ4v) is 5.43. The van der Waals surface area contributed by atoms with Gasteiger partial charge in [0, 0.05) is 16.3 Å². The van der Waals surface area contributed by atoms with E-state index in [1.165, 1.54) is 5.56 Å². The van der Waals surface area contributed by atoms with Gasteiger partial charge in [0.2, 0.25) is 0 Å². The van der Waals surface area contributed by atoms with Gasteiger partial charge in [-0.05, 0) is 52.1 Å². The average Bonchev–Trinajstić information content (AvgIpc) is 3.46. The van der Waals surface area contributed by atoms with Crippen molar-refractivity contribution in [1.29, 1.82) is 0 Å². The number of aliphatic imine (C=N–C) groups is 2. The first-order valence-corrected chi connectivity index (χ1v) is 14.3. The molecule has 1 heterocycles. The summed E-state index contributed by atoms with van der Waals surface area (Å²) in [5.41, 5.74) is 15.6. The van der Waals surface area contributed by atoms with Crippen LogP contribution in [0.25, 0.3) is 44.2 Å². The topological polar surface area (TPSA) is 63.9 Å². The van der Waals surface area contributed by atoms with Crippen molar-refractivity contribution in [2.45, 2.75) is 6.54 Å². The highest BCUT2D eigenvalue weighted by molar-refractivity contribution is 6.18. The molecule has 0 bridgehead atoms. The molecule has 0 atom stereocenters. The Labute approximate surface area is 250 Å². The molecule has 206 valence electrons. The fraction of sp³-hybridized carbons (Fsp3) is 0.0256. The summed E-state index contributed by atoms with van der Waals surface area (Å²) in [6.07, 6.45) is 0. The molecule has 0 unspecified atom stereocenters. The summed E-state index contributed by atoms with van der Waals surface area (Å²) in [5.74, 6) is 0.917. The summed E-state index contributed by atoms with van der Waals surface area (Å²) in [6.45, 7) is 0.456. The van der Waals surface area contributed by atoms with E-state index < -0.39 is 0 Å². The molecular formula is C39H29N3O. The summed E-state index contributed by atoms with van der Waals surface area (Å²) in [5, 5.41) is 2.06. The number of benzene rings is 6. The van der Waals surface area contributed by atoms with E-state index in [-0.39, 0.29) is 0 Å². The third kappa shape index (κ3) is 5.46. The standard InChI is InChI=1S/C39H29N3O/c40-38(35-22-11-21-34-33-20-7-8-23-36(33)43-37(34)35)42-39(32-19-10-18-31(25-32)29-15-5-2-6-16-29)41-26-27-12-9-17-30(24-27)28-13-3-1-4-14-28/h1-25H,26H2,(H2,40,41,42). The Bertz CT molecular complexity index is 2110. The number of nitrogens with two attached hydrogens (primary N) is 1. The van der Waals surface area contributed by atoms with E-state index in [0.29, 0.717) is 18.2 Å². The van der Waals surface area contributed by atoms with Crippen LogP contribution in [0.5, 0.6) is 0 Å². The SMILES string of the molecule is NC(=NC(=NCc1cccc(-c2ccccc2)c1)c1cccc(-c2ccccc2)c1)c1cccc2c1oc1ccccc12. The molecule has 0 aliphatic rings. The predicted molar refractivity (Wildman–Crippen MR) is 178 cm³/mol. The molecule has 0 amide bonds. The third-order valence-electron chi connectivity index (χ3n) is 7.58. The number of hydrogen-bond donors (Lipinski definition) is 1. The first-order chi connectivity index (χ1) is 21.2. The predicted octanol–water partition coefficient (Wildman–Crippen LogP) is 9.27. The van der Waals surface area contributed by atoms with Crippen molar-refractivity contribution in [2.75, 3.05) is 0 Å². The Balaban J connectivity index is 1.32. The van der Waals surface area contributed by atoms with Gasteiger partial charge in [0.25, 0.3) is 0 Å². The molecular weight excluding hydrogens is 526 g/mol. The van der Waals surface area contributed by atoms with Gasteiger partial charge < -0.3 is 10.2 Å². The van der Waals surface area contributed by atoms with E-state index in [4.69, 9.17) is 20.1 Å². The van der Waals surface area contributed by atoms with E-state index in [9.17, 15) is 0 Å². The molecule has 0 aliphatic heterocycles. The lowest BCUT2D eigenvalue weighted by Gasteiger charge is -2.09. The maximum atomic E-state index is 6.75. The first-order valence-electron chi connectivity index (χ1n) is 14.3. The molecule has 0 saturated heterocycles. The summed E-state index contributed by atoms with van der Waals surface area (Å²) in [4.78, 5) is 9.99. The largest absolute Gasteiger partial charge is 0.455 e. The molecule has 6 aromatic carbocycles. The van der Waals surface area contributed by atoms with E-state index in [1.54, 1.807) is 0 Å². The summed E-state index contributed by atoms with van der Waals surface area (Å²) >= 11 is 0. The molecule has 43 heavy (non-hydrogen) atoms. The monoisotopic (exact) mass is 555 g/mol. The Kier molecular flexibility index (Phi) is 7.08. The van der Waals surface area contributed by atoms with E-state index in [2.05, 4.69) is 84.9 Å². The number of rotatable bonds is 6. The van der Waals surface area contributed by atoms with Crippen molar-refractivity contribution in [3.8, 4) is 22.3 Å². The van der Waals surface area contributed by atoms with Gasteiger partial charge in [0.1, 0.15) is 17.0 Å². The second-order valence-corrected chi connectivity index (χ2v) is 10.4. The lowest BCUT2D eigenvalue weighted by molar-refractivity contribution is 0.668. The van der Waals surface area contributed by atoms with Crippen LogP contribution in [0.1, 0.15) is 16.7 Å². The van der Waals surface area contributed by atoms with E-state index >= 15 is 0 Å². The molecule has 4 heteroatoms. The van der Waals surface area contributed by atoms with Crippen LogP contribution in [0, 0.1) is 0 Å². The van der Waals surface area contributed by atoms with Crippen molar-refractivity contribution < 1.29 is 4.42 Å². The number of amidine groups is 2. The van der Waals surface area contributed by atoms with Crippen molar-refractivity contribution in [3.05, 3.63) is 168 Å². The van der Waals surface area contributed by atoms with Gasteiger partial charge in [-0.25, -0.2) is 4.99 Å². The summed E-state index contributed by atoms with van der Waals surface area (Å²) in [6, 6.07) is 51.4. The van der Waals surface area contributed by atoms with Crippen LogP contribution < -0.4 is 5.73 Å². The number of nitrogens with zero attached hydrogens (tertiary/aromatic N) is 2. The minimum atomic E-state index is 0.353. The van der Waals surface area contributed by atoms with Crippen LogP contribution in [0.2, 0.25) is 0 Å². The van der Waals surface area contributed by atoms with Gasteiger partial charge in [-0.3, -0.25) is 4.99 Å². The van der Waals surface area contributed by atoms with Crippen molar-refractivity contribution in [3.63, 3.8) is 0 Å². The molecule has 4 nitrogen and oxygen atoms in total. The molecule has 0 saturated carbocycles. The van der Waals surface area contributed by atoms with Gasteiger partial charge in [-0.2, -0.15) is 0 Å². The second-order valence-electron chi connectivity index (χ2n) is 10.4. The van der Waals surface area contributed by atoms with Gasteiger partial charge in [-0.1, -0.05) is 127 Å². The number of fused-ring (bicyclic) bond motifs is 3.